The average molecular weight is 473 g/mol. The molecule has 0 saturated heterocycles. The molecule has 0 saturated carbocycles. The summed E-state index contributed by atoms with van der Waals surface area (Å²) in [5.41, 5.74) is 1.80. The van der Waals surface area contributed by atoms with Gasteiger partial charge in [0, 0.05) is 16.7 Å². The maximum atomic E-state index is 12.3. The van der Waals surface area contributed by atoms with Crippen LogP contribution in [0.25, 0.3) is 27.6 Å². The summed E-state index contributed by atoms with van der Waals surface area (Å²) in [5, 5.41) is 4.13. The number of amides is 1. The highest BCUT2D eigenvalue weighted by molar-refractivity contribution is 7.22. The summed E-state index contributed by atoms with van der Waals surface area (Å²) in [4.78, 5) is 28.3. The molecule has 1 N–H and O–H groups in total. The summed E-state index contributed by atoms with van der Waals surface area (Å²) in [6, 6.07) is 13.6. The van der Waals surface area contributed by atoms with E-state index in [1.807, 2.05) is 0 Å². The Kier molecular flexibility index (Phi) is 6.08. The molecule has 0 unspecified atom stereocenters. The third-order valence-corrected chi connectivity index (χ3v) is 5.74. The zero-order valence-electron chi connectivity index (χ0n) is 16.0. The second-order valence-corrected chi connectivity index (χ2v) is 8.22. The van der Waals surface area contributed by atoms with Crippen LogP contribution in [0.2, 0.25) is 10.0 Å². The van der Waals surface area contributed by atoms with E-state index in [0.29, 0.717) is 43.3 Å². The summed E-state index contributed by atoms with van der Waals surface area (Å²) >= 11 is 13.4. The number of esters is 1. The number of furan rings is 1. The number of nitrogens with zero attached hydrogens (tertiary/aromatic N) is 1. The lowest BCUT2D eigenvalue weighted by Gasteiger charge is -2.00. The Morgan fingerprint density at radius 2 is 1.97 bits per heavy atom. The molecule has 0 atom stereocenters. The monoisotopic (exact) mass is 472 g/mol. The third kappa shape index (κ3) is 4.80. The quantitative estimate of drug-likeness (QED) is 0.272. The molecule has 0 fully saturated rings. The lowest BCUT2D eigenvalue weighted by Crippen LogP contribution is -2.07. The fourth-order valence-electron chi connectivity index (χ4n) is 2.80. The normalized spacial score (nSPS) is 11.2. The van der Waals surface area contributed by atoms with Crippen molar-refractivity contribution in [3.8, 4) is 11.3 Å². The maximum Gasteiger partial charge on any atom is 0.337 e. The van der Waals surface area contributed by atoms with Crippen molar-refractivity contribution in [3.05, 3.63) is 76.0 Å². The standard InChI is InChI=1S/C22H14Cl2N2O4S/c1-29-21(28)12-2-7-17-19(10-12)31-22(25-17)26-20(27)9-5-14-4-8-18(30-14)15-6-3-13(23)11-16(15)24/h2-11H,1H3,(H,25,26,27)/b9-5+. The van der Waals surface area contributed by atoms with Gasteiger partial charge in [-0.25, -0.2) is 9.78 Å². The van der Waals surface area contributed by atoms with E-state index in [9.17, 15) is 9.59 Å². The number of hydrogen-bond acceptors (Lipinski definition) is 6. The highest BCUT2D eigenvalue weighted by Gasteiger charge is 2.11. The van der Waals surface area contributed by atoms with Gasteiger partial charge >= 0.3 is 5.97 Å². The maximum absolute atomic E-state index is 12.3. The summed E-state index contributed by atoms with van der Waals surface area (Å²) < 4.78 is 11.2. The average Bonchev–Trinajstić information content (AvgIpc) is 3.37. The van der Waals surface area contributed by atoms with E-state index < -0.39 is 5.97 Å². The summed E-state index contributed by atoms with van der Waals surface area (Å²) in [5.74, 6) is 0.258. The van der Waals surface area contributed by atoms with Gasteiger partial charge in [0.25, 0.3) is 0 Å². The molecule has 0 radical (unpaired) electrons. The van der Waals surface area contributed by atoms with Crippen LogP contribution in [0.1, 0.15) is 16.1 Å². The summed E-state index contributed by atoms with van der Waals surface area (Å²) in [6.07, 6.45) is 2.89. The van der Waals surface area contributed by atoms with E-state index in [4.69, 9.17) is 32.4 Å². The molecule has 6 nitrogen and oxygen atoms in total. The van der Waals surface area contributed by atoms with Crippen molar-refractivity contribution in [2.75, 3.05) is 12.4 Å². The van der Waals surface area contributed by atoms with Gasteiger partial charge in [-0.15, -0.1) is 0 Å². The zero-order valence-corrected chi connectivity index (χ0v) is 18.3. The predicted octanol–water partition coefficient (Wildman–Crippen LogP) is 6.30. The molecule has 2 heterocycles. The lowest BCUT2D eigenvalue weighted by atomic mass is 10.2. The molecule has 2 aromatic heterocycles. The van der Waals surface area contributed by atoms with E-state index in [-0.39, 0.29) is 5.91 Å². The summed E-state index contributed by atoms with van der Waals surface area (Å²) in [6.45, 7) is 0. The molecule has 1 amide bonds. The number of carbonyl (C=O) groups is 2. The van der Waals surface area contributed by atoms with Crippen molar-refractivity contribution in [1.82, 2.24) is 4.98 Å². The highest BCUT2D eigenvalue weighted by Crippen LogP contribution is 2.32. The van der Waals surface area contributed by atoms with Gasteiger partial charge in [-0.2, -0.15) is 0 Å². The van der Waals surface area contributed by atoms with Crippen LogP contribution in [0.15, 0.2) is 59.0 Å². The number of carbonyl (C=O) groups excluding carboxylic acids is 2. The van der Waals surface area contributed by atoms with Crippen LogP contribution in [0.3, 0.4) is 0 Å². The van der Waals surface area contributed by atoms with Crippen molar-refractivity contribution in [2.24, 2.45) is 0 Å². The summed E-state index contributed by atoms with van der Waals surface area (Å²) in [7, 11) is 1.32. The van der Waals surface area contributed by atoms with Crippen molar-refractivity contribution in [1.29, 1.82) is 0 Å². The Labute approximate surface area is 191 Å². The number of thiazole rings is 1. The van der Waals surface area contributed by atoms with Crippen LogP contribution in [-0.2, 0) is 9.53 Å². The number of halogens is 2. The molecule has 2 aromatic carbocycles. The van der Waals surface area contributed by atoms with Crippen LogP contribution >= 0.6 is 34.5 Å². The fraction of sp³-hybridized carbons (Fsp3) is 0.0455. The van der Waals surface area contributed by atoms with Crippen molar-refractivity contribution in [3.63, 3.8) is 0 Å². The highest BCUT2D eigenvalue weighted by atomic mass is 35.5. The molecular formula is C22H14Cl2N2O4S. The SMILES string of the molecule is COC(=O)c1ccc2nc(NC(=O)/C=C/c3ccc(-c4ccc(Cl)cc4Cl)o3)sc2c1. The topological polar surface area (TPSA) is 81.4 Å². The van der Waals surface area contributed by atoms with E-state index in [1.165, 1.54) is 24.5 Å². The second kappa shape index (κ2) is 8.93. The molecule has 0 spiro atoms. The van der Waals surface area contributed by atoms with Gasteiger partial charge in [-0.3, -0.25) is 10.1 Å². The van der Waals surface area contributed by atoms with Crippen LogP contribution < -0.4 is 5.32 Å². The first-order valence-corrected chi connectivity index (χ1v) is 10.5. The van der Waals surface area contributed by atoms with E-state index in [0.717, 1.165) is 4.70 Å². The van der Waals surface area contributed by atoms with Crippen molar-refractivity contribution in [2.45, 2.75) is 0 Å². The number of aromatic nitrogens is 1. The lowest BCUT2D eigenvalue weighted by molar-refractivity contribution is -0.111. The zero-order chi connectivity index (χ0) is 22.0. The van der Waals surface area contributed by atoms with Gasteiger partial charge in [-0.05, 0) is 54.6 Å². The van der Waals surface area contributed by atoms with Gasteiger partial charge in [0.05, 0.1) is 27.9 Å². The number of ether oxygens (including phenoxy) is 1. The van der Waals surface area contributed by atoms with Crippen LogP contribution in [0.4, 0.5) is 5.13 Å². The van der Waals surface area contributed by atoms with Gasteiger partial charge in [-0.1, -0.05) is 34.5 Å². The molecule has 0 aliphatic heterocycles. The number of benzene rings is 2. The first-order chi connectivity index (χ1) is 14.9. The van der Waals surface area contributed by atoms with E-state index >= 15 is 0 Å². The first kappa shape index (κ1) is 21.1. The van der Waals surface area contributed by atoms with Gasteiger partial charge < -0.3 is 9.15 Å². The van der Waals surface area contributed by atoms with Crippen LogP contribution in [0.5, 0.6) is 0 Å². The van der Waals surface area contributed by atoms with E-state index in [2.05, 4.69) is 10.3 Å². The molecule has 156 valence electrons. The van der Waals surface area contributed by atoms with Crippen LogP contribution in [-0.4, -0.2) is 24.0 Å². The van der Waals surface area contributed by atoms with Gasteiger partial charge in [0.15, 0.2) is 5.13 Å². The molecule has 0 aliphatic carbocycles. The Morgan fingerprint density at radius 1 is 1.13 bits per heavy atom. The molecule has 4 aromatic rings. The number of anilines is 1. The molecule has 0 bridgehead atoms. The Balaban J connectivity index is 1.45. The molecule has 0 aliphatic rings. The van der Waals surface area contributed by atoms with Gasteiger partial charge in [0.2, 0.25) is 5.91 Å². The number of rotatable bonds is 5. The third-order valence-electron chi connectivity index (χ3n) is 4.26. The number of fused-ring (bicyclic) bond motifs is 1. The minimum absolute atomic E-state index is 0.366. The van der Waals surface area contributed by atoms with Crippen molar-refractivity contribution < 1.29 is 18.7 Å². The van der Waals surface area contributed by atoms with Gasteiger partial charge in [0.1, 0.15) is 11.5 Å². The largest absolute Gasteiger partial charge is 0.465 e. The predicted molar refractivity (Wildman–Crippen MR) is 123 cm³/mol. The molecule has 9 heteroatoms. The minimum Gasteiger partial charge on any atom is -0.465 e. The van der Waals surface area contributed by atoms with Crippen LogP contribution in [0, 0.1) is 0 Å². The number of methoxy groups -OCH3 is 1. The molecule has 31 heavy (non-hydrogen) atoms. The second-order valence-electron chi connectivity index (χ2n) is 6.34. The molecular weight excluding hydrogens is 459 g/mol. The fourth-order valence-corrected chi connectivity index (χ4v) is 4.21. The Morgan fingerprint density at radius 3 is 2.74 bits per heavy atom. The smallest absolute Gasteiger partial charge is 0.337 e. The van der Waals surface area contributed by atoms with Crippen molar-refractivity contribution >= 4 is 67.8 Å². The Bertz CT molecular complexity index is 1330. The number of hydrogen-bond donors (Lipinski definition) is 1. The number of nitrogens with one attached hydrogen (secondary N) is 1. The molecule has 4 rings (SSSR count). The first-order valence-electron chi connectivity index (χ1n) is 8.96. The van der Waals surface area contributed by atoms with E-state index in [1.54, 1.807) is 54.6 Å². The Hall–Kier alpha value is -3.13. The minimum atomic E-state index is -0.429.